The Labute approximate surface area is 171 Å². The van der Waals surface area contributed by atoms with E-state index in [1.807, 2.05) is 37.3 Å². The summed E-state index contributed by atoms with van der Waals surface area (Å²) in [4.78, 5) is 17.6. The maximum Gasteiger partial charge on any atom is 0.240 e. The third-order valence-corrected chi connectivity index (χ3v) is 6.04. The smallest absolute Gasteiger partial charge is 0.240 e. The first-order chi connectivity index (χ1) is 13.9. The van der Waals surface area contributed by atoms with E-state index in [1.54, 1.807) is 54.7 Å². The van der Waals surface area contributed by atoms with Gasteiger partial charge in [-0.2, -0.15) is 0 Å². The van der Waals surface area contributed by atoms with Crippen LogP contribution in [0.5, 0.6) is 0 Å². The molecular weight excluding hydrogens is 386 g/mol. The summed E-state index contributed by atoms with van der Waals surface area (Å²) in [6.07, 6.45) is 3.72. The van der Waals surface area contributed by atoms with E-state index in [-0.39, 0.29) is 17.3 Å². The summed E-state index contributed by atoms with van der Waals surface area (Å²) in [5, 5.41) is 0. The monoisotopic (exact) mass is 409 g/mol. The Kier molecular flexibility index (Phi) is 6.41. The molecule has 0 fully saturated rings. The van der Waals surface area contributed by atoms with Gasteiger partial charge in [0.2, 0.25) is 15.9 Å². The van der Waals surface area contributed by atoms with Gasteiger partial charge in [-0.1, -0.05) is 37.3 Å². The number of sulfonamides is 1. The molecule has 0 saturated heterocycles. The van der Waals surface area contributed by atoms with Gasteiger partial charge in [-0.05, 0) is 47.0 Å². The molecular formula is C22H23N3O3S. The van der Waals surface area contributed by atoms with Gasteiger partial charge in [0.25, 0.3) is 0 Å². The van der Waals surface area contributed by atoms with Crippen molar-refractivity contribution in [2.45, 2.75) is 24.8 Å². The molecule has 3 rings (SSSR count). The van der Waals surface area contributed by atoms with E-state index >= 15 is 0 Å². The van der Waals surface area contributed by atoms with E-state index in [1.165, 1.54) is 0 Å². The number of hydrogen-bond donors (Lipinski definition) is 1. The first kappa shape index (κ1) is 20.7. The quantitative estimate of drug-likeness (QED) is 0.647. The van der Waals surface area contributed by atoms with Crippen molar-refractivity contribution < 1.29 is 13.2 Å². The molecule has 3 aromatic rings. The van der Waals surface area contributed by atoms with Crippen LogP contribution in [0.1, 0.15) is 18.9 Å². The summed E-state index contributed by atoms with van der Waals surface area (Å²) >= 11 is 0. The number of carbonyl (C=O) groups excluding carboxylic acids is 1. The fourth-order valence-corrected chi connectivity index (χ4v) is 3.87. The highest BCUT2D eigenvalue weighted by Crippen LogP contribution is 2.24. The van der Waals surface area contributed by atoms with Crippen LogP contribution in [0, 0.1) is 0 Å². The van der Waals surface area contributed by atoms with Crippen molar-refractivity contribution >= 4 is 21.6 Å². The average Bonchev–Trinajstić information content (AvgIpc) is 2.77. The van der Waals surface area contributed by atoms with E-state index in [4.69, 9.17) is 0 Å². The lowest BCUT2D eigenvalue weighted by atomic mass is 10.1. The molecule has 2 aromatic carbocycles. The van der Waals surface area contributed by atoms with E-state index in [0.29, 0.717) is 6.42 Å². The van der Waals surface area contributed by atoms with Gasteiger partial charge >= 0.3 is 0 Å². The van der Waals surface area contributed by atoms with Crippen LogP contribution in [-0.4, -0.2) is 26.4 Å². The van der Waals surface area contributed by atoms with Gasteiger partial charge in [0.1, 0.15) is 0 Å². The predicted molar refractivity (Wildman–Crippen MR) is 114 cm³/mol. The maximum atomic E-state index is 12.5. The maximum absolute atomic E-state index is 12.5. The summed E-state index contributed by atoms with van der Waals surface area (Å²) in [7, 11) is -1.86. The Morgan fingerprint density at radius 1 is 1.00 bits per heavy atom. The van der Waals surface area contributed by atoms with Gasteiger partial charge in [0, 0.05) is 38.1 Å². The molecule has 29 heavy (non-hydrogen) atoms. The molecule has 0 aliphatic rings. The van der Waals surface area contributed by atoms with E-state index in [2.05, 4.69) is 9.71 Å². The van der Waals surface area contributed by atoms with E-state index in [0.717, 1.165) is 22.4 Å². The Balaban J connectivity index is 1.71. The molecule has 1 aromatic heterocycles. The highest BCUT2D eigenvalue weighted by atomic mass is 32.2. The molecule has 0 atom stereocenters. The lowest BCUT2D eigenvalue weighted by Crippen LogP contribution is -2.24. The fourth-order valence-electron chi connectivity index (χ4n) is 2.85. The zero-order chi connectivity index (χ0) is 20.9. The van der Waals surface area contributed by atoms with Crippen LogP contribution in [0.3, 0.4) is 0 Å². The molecule has 0 bridgehead atoms. The van der Waals surface area contributed by atoms with Crippen molar-refractivity contribution in [2.75, 3.05) is 11.9 Å². The second-order valence-corrected chi connectivity index (χ2v) is 8.33. The highest BCUT2D eigenvalue weighted by molar-refractivity contribution is 7.89. The zero-order valence-electron chi connectivity index (χ0n) is 16.4. The fraction of sp³-hybridized carbons (Fsp3) is 0.182. The number of nitrogens with one attached hydrogen (secondary N) is 1. The summed E-state index contributed by atoms with van der Waals surface area (Å²) in [5.74, 6) is 0.0473. The van der Waals surface area contributed by atoms with Gasteiger partial charge in [0.15, 0.2) is 0 Å². The number of anilines is 1. The van der Waals surface area contributed by atoms with Gasteiger partial charge in [-0.25, -0.2) is 13.1 Å². The third kappa shape index (κ3) is 5.07. The number of hydrogen-bond acceptors (Lipinski definition) is 4. The van der Waals surface area contributed by atoms with Crippen molar-refractivity contribution in [3.05, 3.63) is 78.6 Å². The first-order valence-corrected chi connectivity index (χ1v) is 10.7. The van der Waals surface area contributed by atoms with Crippen molar-refractivity contribution in [3.63, 3.8) is 0 Å². The number of carbonyl (C=O) groups is 1. The van der Waals surface area contributed by atoms with Gasteiger partial charge < -0.3 is 4.90 Å². The Morgan fingerprint density at radius 3 is 2.17 bits per heavy atom. The minimum Gasteiger partial charge on any atom is -0.316 e. The minimum atomic E-state index is -3.61. The second kappa shape index (κ2) is 8.98. The van der Waals surface area contributed by atoms with E-state index in [9.17, 15) is 13.2 Å². The molecule has 7 heteroatoms. The number of pyridine rings is 1. The number of rotatable bonds is 7. The Bertz CT molecular complexity index is 1060. The third-order valence-electron chi connectivity index (χ3n) is 4.62. The van der Waals surface area contributed by atoms with Crippen LogP contribution in [0.2, 0.25) is 0 Å². The van der Waals surface area contributed by atoms with E-state index < -0.39 is 10.0 Å². The summed E-state index contributed by atoms with van der Waals surface area (Å²) in [6.45, 7) is 2.01. The molecule has 0 spiro atoms. The number of benzene rings is 2. The minimum absolute atomic E-state index is 0.0473. The SMILES string of the molecule is CCC(=O)N(C)c1ccc(-c2ccc(S(=O)(=O)NCc3cccnc3)cc2)cc1. The molecule has 0 saturated carbocycles. The molecule has 1 amide bonds. The topological polar surface area (TPSA) is 79.4 Å². The Morgan fingerprint density at radius 2 is 1.62 bits per heavy atom. The van der Waals surface area contributed by atoms with Crippen LogP contribution >= 0.6 is 0 Å². The van der Waals surface area contributed by atoms with Gasteiger partial charge in [-0.3, -0.25) is 9.78 Å². The first-order valence-electron chi connectivity index (χ1n) is 9.26. The normalized spacial score (nSPS) is 11.2. The predicted octanol–water partition coefficient (Wildman–Crippen LogP) is 3.60. The van der Waals surface area contributed by atoms with Crippen LogP contribution in [0.25, 0.3) is 11.1 Å². The van der Waals surface area contributed by atoms with Crippen molar-refractivity contribution in [2.24, 2.45) is 0 Å². The van der Waals surface area contributed by atoms with Crippen molar-refractivity contribution in [3.8, 4) is 11.1 Å². The lowest BCUT2D eigenvalue weighted by molar-refractivity contribution is -0.118. The number of nitrogens with zero attached hydrogens (tertiary/aromatic N) is 2. The summed E-state index contributed by atoms with van der Waals surface area (Å²) in [5.41, 5.74) is 3.45. The molecule has 6 nitrogen and oxygen atoms in total. The number of aromatic nitrogens is 1. The highest BCUT2D eigenvalue weighted by Gasteiger charge is 2.14. The zero-order valence-corrected chi connectivity index (χ0v) is 17.2. The largest absolute Gasteiger partial charge is 0.316 e. The standard InChI is InChI=1S/C22H23N3O3S/c1-3-22(26)25(2)20-10-6-18(7-11-20)19-8-12-21(13-9-19)29(27,28)24-16-17-5-4-14-23-15-17/h4-15,24H,3,16H2,1-2H3. The van der Waals surface area contributed by atoms with Crippen molar-refractivity contribution in [1.29, 1.82) is 0 Å². The summed E-state index contributed by atoms with van der Waals surface area (Å²) in [6, 6.07) is 17.9. The van der Waals surface area contributed by atoms with Crippen molar-refractivity contribution in [1.82, 2.24) is 9.71 Å². The molecule has 0 aliphatic carbocycles. The average molecular weight is 410 g/mol. The molecule has 0 aliphatic heterocycles. The summed E-state index contributed by atoms with van der Waals surface area (Å²) < 4.78 is 27.6. The van der Waals surface area contributed by atoms with Crippen LogP contribution in [-0.2, 0) is 21.4 Å². The van der Waals surface area contributed by atoms with Crippen LogP contribution in [0.15, 0.2) is 78.0 Å². The number of amides is 1. The van der Waals surface area contributed by atoms with Crippen LogP contribution < -0.4 is 9.62 Å². The van der Waals surface area contributed by atoms with Gasteiger partial charge in [0.05, 0.1) is 4.90 Å². The molecule has 1 heterocycles. The van der Waals surface area contributed by atoms with Crippen LogP contribution in [0.4, 0.5) is 5.69 Å². The molecule has 0 radical (unpaired) electrons. The Hall–Kier alpha value is -3.03. The van der Waals surface area contributed by atoms with Gasteiger partial charge in [-0.15, -0.1) is 0 Å². The lowest BCUT2D eigenvalue weighted by Gasteiger charge is -2.16. The molecule has 150 valence electrons. The molecule has 1 N–H and O–H groups in total. The second-order valence-electron chi connectivity index (χ2n) is 6.56. The molecule has 0 unspecified atom stereocenters.